The lowest BCUT2D eigenvalue weighted by Crippen LogP contribution is -2.50. The van der Waals surface area contributed by atoms with E-state index in [2.05, 4.69) is 17.6 Å². The highest BCUT2D eigenvalue weighted by Crippen LogP contribution is 2.20. The van der Waals surface area contributed by atoms with Gasteiger partial charge in [0, 0.05) is 37.3 Å². The van der Waals surface area contributed by atoms with Crippen molar-refractivity contribution in [1.29, 1.82) is 0 Å². The van der Waals surface area contributed by atoms with E-state index in [0.29, 0.717) is 25.2 Å². The van der Waals surface area contributed by atoms with Crippen molar-refractivity contribution < 1.29 is 14.3 Å². The van der Waals surface area contributed by atoms with Crippen LogP contribution in [0.5, 0.6) is 5.75 Å². The van der Waals surface area contributed by atoms with Crippen LogP contribution in [0.15, 0.2) is 24.3 Å². The van der Waals surface area contributed by atoms with Crippen molar-refractivity contribution in [3.63, 3.8) is 0 Å². The topological polar surface area (TPSA) is 70.7 Å². The number of carbonyl (C=O) groups is 2. The van der Waals surface area contributed by atoms with Crippen LogP contribution in [0.2, 0.25) is 0 Å². The van der Waals surface area contributed by atoms with Crippen LogP contribution in [0.1, 0.15) is 46.5 Å². The van der Waals surface area contributed by atoms with Gasteiger partial charge in [0.1, 0.15) is 5.75 Å². The van der Waals surface area contributed by atoms with Crippen LogP contribution in [-0.2, 0) is 4.79 Å². The summed E-state index contributed by atoms with van der Waals surface area (Å²) in [6.07, 6.45) is 3.32. The number of nitrogens with zero attached hydrogens (tertiary/aromatic N) is 1. The van der Waals surface area contributed by atoms with E-state index in [4.69, 9.17) is 4.74 Å². The molecule has 1 saturated heterocycles. The molecule has 0 radical (unpaired) electrons. The van der Waals surface area contributed by atoms with Gasteiger partial charge in [-0.1, -0.05) is 19.9 Å². The summed E-state index contributed by atoms with van der Waals surface area (Å²) in [5.41, 5.74) is 0.713. The number of carbonyl (C=O) groups excluding carboxylic acids is 2. The number of anilines is 1. The average molecular weight is 347 g/mol. The molecule has 1 aliphatic rings. The second-order valence-corrected chi connectivity index (χ2v) is 6.50. The molecular weight excluding hydrogens is 318 g/mol. The van der Waals surface area contributed by atoms with Gasteiger partial charge >= 0.3 is 6.03 Å². The van der Waals surface area contributed by atoms with Gasteiger partial charge in [-0.25, -0.2) is 4.79 Å². The highest BCUT2D eigenvalue weighted by Gasteiger charge is 2.24. The van der Waals surface area contributed by atoms with E-state index in [1.807, 2.05) is 38.1 Å². The van der Waals surface area contributed by atoms with Gasteiger partial charge in [-0.15, -0.1) is 0 Å². The Kier molecular flexibility index (Phi) is 7.10. The van der Waals surface area contributed by atoms with Gasteiger partial charge in [-0.3, -0.25) is 4.79 Å². The normalized spacial score (nSPS) is 18.4. The lowest BCUT2D eigenvalue weighted by molar-refractivity contribution is -0.121. The first-order chi connectivity index (χ1) is 12.0. The number of hydrogen-bond donors (Lipinski definition) is 2. The van der Waals surface area contributed by atoms with Crippen LogP contribution in [0.4, 0.5) is 10.5 Å². The summed E-state index contributed by atoms with van der Waals surface area (Å²) in [5, 5.41) is 5.90. The van der Waals surface area contributed by atoms with Gasteiger partial charge in [0.25, 0.3) is 0 Å². The summed E-state index contributed by atoms with van der Waals surface area (Å²) < 4.78 is 5.79. The Morgan fingerprint density at radius 2 is 2.16 bits per heavy atom. The summed E-state index contributed by atoms with van der Waals surface area (Å²) >= 11 is 0. The summed E-state index contributed by atoms with van der Waals surface area (Å²) in [6, 6.07) is 7.34. The van der Waals surface area contributed by atoms with E-state index in [9.17, 15) is 9.59 Å². The number of rotatable bonds is 6. The van der Waals surface area contributed by atoms with Gasteiger partial charge in [-0.05, 0) is 38.3 Å². The SMILES string of the molecule is CCC(=O)N[C@@H]1CCCN(C(=O)Nc2cccc(O[C@H](C)CC)c2)C1. The molecule has 25 heavy (non-hydrogen) atoms. The maximum atomic E-state index is 12.5. The number of benzene rings is 1. The molecule has 3 amide bonds. The number of likely N-dealkylation sites (tertiary alicyclic amines) is 1. The predicted molar refractivity (Wildman–Crippen MR) is 98.9 cm³/mol. The second kappa shape index (κ2) is 9.30. The summed E-state index contributed by atoms with van der Waals surface area (Å²) in [6.45, 7) is 7.16. The first kappa shape index (κ1) is 19.1. The minimum Gasteiger partial charge on any atom is -0.491 e. The molecule has 1 aromatic carbocycles. The Hall–Kier alpha value is -2.24. The van der Waals surface area contributed by atoms with Crippen LogP contribution in [-0.4, -0.2) is 42.1 Å². The fourth-order valence-corrected chi connectivity index (χ4v) is 2.77. The smallest absolute Gasteiger partial charge is 0.321 e. The van der Waals surface area contributed by atoms with Crippen LogP contribution in [0.25, 0.3) is 0 Å². The molecule has 0 bridgehead atoms. The van der Waals surface area contributed by atoms with Gasteiger partial charge < -0.3 is 20.3 Å². The van der Waals surface area contributed by atoms with Gasteiger partial charge in [0.2, 0.25) is 5.91 Å². The second-order valence-electron chi connectivity index (χ2n) is 6.50. The van der Waals surface area contributed by atoms with Crippen molar-refractivity contribution in [2.45, 2.75) is 58.6 Å². The Labute approximate surface area is 149 Å². The fraction of sp³-hybridized carbons (Fsp3) is 0.579. The standard InChI is InChI=1S/C19H29N3O3/c1-4-14(3)25-17-10-6-8-15(12-17)21-19(24)22-11-7-9-16(13-22)20-18(23)5-2/h6,8,10,12,14,16H,4-5,7,9,11,13H2,1-3H3,(H,20,23)(H,21,24)/t14-,16-/m1/s1. The minimum absolute atomic E-state index is 0.0298. The molecule has 6 heteroatoms. The number of urea groups is 1. The zero-order valence-corrected chi connectivity index (χ0v) is 15.4. The highest BCUT2D eigenvalue weighted by molar-refractivity contribution is 5.89. The third-order valence-corrected chi connectivity index (χ3v) is 4.39. The zero-order chi connectivity index (χ0) is 18.2. The minimum atomic E-state index is -0.142. The molecule has 1 heterocycles. The maximum absolute atomic E-state index is 12.5. The molecule has 1 fully saturated rings. The number of ether oxygens (including phenoxy) is 1. The molecule has 0 unspecified atom stereocenters. The molecule has 2 atom stereocenters. The predicted octanol–water partition coefficient (Wildman–Crippen LogP) is 3.39. The molecule has 0 aliphatic carbocycles. The quantitative estimate of drug-likeness (QED) is 0.829. The van der Waals surface area contributed by atoms with Gasteiger partial charge in [0.05, 0.1) is 6.10 Å². The molecule has 0 saturated carbocycles. The van der Waals surface area contributed by atoms with E-state index in [0.717, 1.165) is 25.0 Å². The summed E-state index contributed by atoms with van der Waals surface area (Å²) in [5.74, 6) is 0.779. The van der Waals surface area contributed by atoms with E-state index >= 15 is 0 Å². The fourth-order valence-electron chi connectivity index (χ4n) is 2.77. The van der Waals surface area contributed by atoms with Crippen molar-refractivity contribution >= 4 is 17.6 Å². The molecule has 138 valence electrons. The summed E-state index contributed by atoms with van der Waals surface area (Å²) in [4.78, 5) is 25.8. The monoisotopic (exact) mass is 347 g/mol. The third-order valence-electron chi connectivity index (χ3n) is 4.39. The highest BCUT2D eigenvalue weighted by atomic mass is 16.5. The van der Waals surface area contributed by atoms with E-state index in [-0.39, 0.29) is 24.1 Å². The van der Waals surface area contributed by atoms with Gasteiger partial charge in [0.15, 0.2) is 0 Å². The lowest BCUT2D eigenvalue weighted by Gasteiger charge is -2.33. The van der Waals surface area contributed by atoms with Crippen molar-refractivity contribution in [1.82, 2.24) is 10.2 Å². The van der Waals surface area contributed by atoms with Crippen LogP contribution >= 0.6 is 0 Å². The number of piperidine rings is 1. The van der Waals surface area contributed by atoms with Crippen molar-refractivity contribution in [2.75, 3.05) is 18.4 Å². The molecular formula is C19H29N3O3. The number of nitrogens with one attached hydrogen (secondary N) is 2. The van der Waals surface area contributed by atoms with Gasteiger partial charge in [-0.2, -0.15) is 0 Å². The lowest BCUT2D eigenvalue weighted by atomic mass is 10.1. The molecule has 2 N–H and O–H groups in total. The van der Waals surface area contributed by atoms with Crippen LogP contribution < -0.4 is 15.4 Å². The third kappa shape index (κ3) is 5.96. The maximum Gasteiger partial charge on any atom is 0.321 e. The largest absolute Gasteiger partial charge is 0.491 e. The molecule has 0 aromatic heterocycles. The zero-order valence-electron chi connectivity index (χ0n) is 15.4. The number of hydrogen-bond acceptors (Lipinski definition) is 3. The van der Waals surface area contributed by atoms with Crippen molar-refractivity contribution in [3.05, 3.63) is 24.3 Å². The Morgan fingerprint density at radius 3 is 2.88 bits per heavy atom. The van der Waals surface area contributed by atoms with E-state index in [1.54, 1.807) is 4.90 Å². The Balaban J connectivity index is 1.92. The van der Waals surface area contributed by atoms with E-state index < -0.39 is 0 Å². The van der Waals surface area contributed by atoms with Crippen molar-refractivity contribution in [2.24, 2.45) is 0 Å². The number of amides is 3. The molecule has 1 aliphatic heterocycles. The molecule has 1 aromatic rings. The van der Waals surface area contributed by atoms with Crippen LogP contribution in [0.3, 0.4) is 0 Å². The van der Waals surface area contributed by atoms with Crippen LogP contribution in [0, 0.1) is 0 Å². The van der Waals surface area contributed by atoms with E-state index in [1.165, 1.54) is 0 Å². The molecule has 0 spiro atoms. The molecule has 6 nitrogen and oxygen atoms in total. The van der Waals surface area contributed by atoms with Crippen molar-refractivity contribution in [3.8, 4) is 5.75 Å². The summed E-state index contributed by atoms with van der Waals surface area (Å²) in [7, 11) is 0. The first-order valence-corrected chi connectivity index (χ1v) is 9.13. The Morgan fingerprint density at radius 1 is 1.36 bits per heavy atom. The average Bonchev–Trinajstić information content (AvgIpc) is 2.62. The molecule has 2 rings (SSSR count). The first-order valence-electron chi connectivity index (χ1n) is 9.13. The Bertz CT molecular complexity index is 591.